The molecule has 0 saturated carbocycles. The summed E-state index contributed by atoms with van der Waals surface area (Å²) >= 11 is 0. The molecule has 5 heteroatoms. The molecule has 2 aromatic heterocycles. The van der Waals surface area contributed by atoms with E-state index in [4.69, 9.17) is 9.72 Å². The molecule has 2 aromatic rings. The van der Waals surface area contributed by atoms with Gasteiger partial charge < -0.3 is 14.0 Å². The molecule has 1 fully saturated rings. The Kier molecular flexibility index (Phi) is 4.24. The summed E-state index contributed by atoms with van der Waals surface area (Å²) in [6.45, 7) is 6.75. The molecule has 0 N–H and O–H groups in total. The number of fused-ring (bicyclic) bond motifs is 1. The summed E-state index contributed by atoms with van der Waals surface area (Å²) in [5.74, 6) is 0. The number of imidazole rings is 1. The van der Waals surface area contributed by atoms with E-state index >= 15 is 0 Å². The lowest BCUT2D eigenvalue weighted by atomic mass is 10.2. The number of morpholine rings is 1. The summed E-state index contributed by atoms with van der Waals surface area (Å²) in [7, 11) is 4.18. The molecular formula is C16H24N4O. The molecule has 0 amide bonds. The molecule has 0 aromatic carbocycles. The molecule has 0 spiro atoms. The van der Waals surface area contributed by atoms with Gasteiger partial charge in [0.05, 0.1) is 18.4 Å². The summed E-state index contributed by atoms with van der Waals surface area (Å²) in [6.07, 6.45) is 4.50. The van der Waals surface area contributed by atoms with E-state index in [-0.39, 0.29) is 0 Å². The van der Waals surface area contributed by atoms with Crippen molar-refractivity contribution in [1.82, 2.24) is 19.2 Å². The van der Waals surface area contributed by atoms with Crippen LogP contribution >= 0.6 is 0 Å². The first-order valence-electron chi connectivity index (χ1n) is 7.54. The van der Waals surface area contributed by atoms with Crippen LogP contribution in [0.4, 0.5) is 0 Å². The van der Waals surface area contributed by atoms with E-state index in [1.165, 1.54) is 5.56 Å². The molecule has 0 radical (unpaired) electrons. The molecule has 21 heavy (non-hydrogen) atoms. The third-order valence-electron chi connectivity index (χ3n) is 3.91. The van der Waals surface area contributed by atoms with Crippen LogP contribution in [0.1, 0.15) is 11.3 Å². The van der Waals surface area contributed by atoms with Crippen molar-refractivity contribution in [2.45, 2.75) is 19.6 Å². The van der Waals surface area contributed by atoms with E-state index < -0.39 is 0 Å². The zero-order chi connectivity index (χ0) is 14.8. The first-order valence-corrected chi connectivity index (χ1v) is 7.54. The second-order valence-corrected chi connectivity index (χ2v) is 6.14. The highest BCUT2D eigenvalue weighted by molar-refractivity contribution is 5.47. The first-order chi connectivity index (χ1) is 10.1. The number of aryl methyl sites for hydroxylation is 1. The summed E-state index contributed by atoms with van der Waals surface area (Å²) < 4.78 is 7.94. The van der Waals surface area contributed by atoms with Crippen molar-refractivity contribution >= 4 is 5.65 Å². The maximum absolute atomic E-state index is 5.83. The van der Waals surface area contributed by atoms with Crippen molar-refractivity contribution in [2.75, 3.05) is 40.3 Å². The van der Waals surface area contributed by atoms with Gasteiger partial charge in [-0.1, -0.05) is 6.07 Å². The van der Waals surface area contributed by atoms with E-state index in [0.29, 0.717) is 6.10 Å². The second-order valence-electron chi connectivity index (χ2n) is 6.14. The van der Waals surface area contributed by atoms with Crippen molar-refractivity contribution in [2.24, 2.45) is 0 Å². The maximum Gasteiger partial charge on any atom is 0.139 e. The Morgan fingerprint density at radius 3 is 3.05 bits per heavy atom. The van der Waals surface area contributed by atoms with Crippen LogP contribution in [0.3, 0.4) is 0 Å². The topological polar surface area (TPSA) is 33.0 Å². The van der Waals surface area contributed by atoms with Gasteiger partial charge in [0.2, 0.25) is 0 Å². The van der Waals surface area contributed by atoms with E-state index in [2.05, 4.69) is 59.7 Å². The lowest BCUT2D eigenvalue weighted by Crippen LogP contribution is -2.46. The molecule has 1 aliphatic heterocycles. The molecular weight excluding hydrogens is 264 g/mol. The average molecular weight is 288 g/mol. The molecule has 3 rings (SSSR count). The number of hydrogen-bond acceptors (Lipinski definition) is 4. The number of pyridine rings is 1. The number of aromatic nitrogens is 2. The zero-order valence-corrected chi connectivity index (χ0v) is 13.1. The standard InChI is InChI=1S/C16H24N4O/c1-13-5-4-6-20-10-14(17-16(13)20)9-19-7-8-21-15(12-19)11-18(2)3/h4-6,10,15H,7-9,11-12H2,1-3H3/t15-/m1/s1. The molecule has 0 aliphatic carbocycles. The fraction of sp³-hybridized carbons (Fsp3) is 0.562. The maximum atomic E-state index is 5.83. The predicted octanol–water partition coefficient (Wildman–Crippen LogP) is 1.41. The lowest BCUT2D eigenvalue weighted by molar-refractivity contribution is -0.0409. The van der Waals surface area contributed by atoms with Crippen LogP contribution in [-0.4, -0.2) is 65.6 Å². The summed E-state index contributed by atoms with van der Waals surface area (Å²) in [6, 6.07) is 4.17. The summed E-state index contributed by atoms with van der Waals surface area (Å²) in [4.78, 5) is 9.38. The highest BCUT2D eigenvalue weighted by Crippen LogP contribution is 2.14. The molecule has 1 aliphatic rings. The van der Waals surface area contributed by atoms with Crippen molar-refractivity contribution < 1.29 is 4.74 Å². The highest BCUT2D eigenvalue weighted by Gasteiger charge is 2.21. The van der Waals surface area contributed by atoms with E-state index in [0.717, 1.165) is 44.1 Å². The Bertz CT molecular complexity index is 607. The third-order valence-corrected chi connectivity index (χ3v) is 3.91. The predicted molar refractivity (Wildman–Crippen MR) is 83.5 cm³/mol. The summed E-state index contributed by atoms with van der Waals surface area (Å²) in [5, 5.41) is 0. The van der Waals surface area contributed by atoms with Crippen molar-refractivity contribution in [3.05, 3.63) is 35.8 Å². The number of nitrogens with zero attached hydrogens (tertiary/aromatic N) is 4. The van der Waals surface area contributed by atoms with Crippen LogP contribution in [0.25, 0.3) is 5.65 Å². The lowest BCUT2D eigenvalue weighted by Gasteiger charge is -2.33. The number of rotatable bonds is 4. The zero-order valence-electron chi connectivity index (χ0n) is 13.1. The minimum Gasteiger partial charge on any atom is -0.374 e. The van der Waals surface area contributed by atoms with E-state index in [1.54, 1.807) is 0 Å². The Morgan fingerprint density at radius 2 is 2.29 bits per heavy atom. The van der Waals surface area contributed by atoms with Gasteiger partial charge in [0.1, 0.15) is 5.65 Å². The second kappa shape index (κ2) is 6.13. The van der Waals surface area contributed by atoms with Crippen molar-refractivity contribution in [3.8, 4) is 0 Å². The van der Waals surface area contributed by atoms with Crippen LogP contribution in [0.5, 0.6) is 0 Å². The number of likely N-dealkylation sites (N-methyl/N-ethyl adjacent to an activating group) is 1. The highest BCUT2D eigenvalue weighted by atomic mass is 16.5. The van der Waals surface area contributed by atoms with Crippen molar-refractivity contribution in [3.63, 3.8) is 0 Å². The van der Waals surface area contributed by atoms with Gasteiger partial charge in [-0.3, -0.25) is 4.90 Å². The first kappa shape index (κ1) is 14.5. The minimum absolute atomic E-state index is 0.299. The minimum atomic E-state index is 0.299. The van der Waals surface area contributed by atoms with Gasteiger partial charge in [0, 0.05) is 38.6 Å². The van der Waals surface area contributed by atoms with Crippen LogP contribution < -0.4 is 0 Å². The van der Waals surface area contributed by atoms with Gasteiger partial charge in [-0.25, -0.2) is 4.98 Å². The smallest absolute Gasteiger partial charge is 0.139 e. The van der Waals surface area contributed by atoms with Crippen LogP contribution in [0.15, 0.2) is 24.5 Å². The SMILES string of the molecule is Cc1cccn2cc(CN3CCO[C@H](CN(C)C)C3)nc12. The summed E-state index contributed by atoms with van der Waals surface area (Å²) in [5.41, 5.74) is 3.41. The van der Waals surface area contributed by atoms with Gasteiger partial charge >= 0.3 is 0 Å². The molecule has 3 heterocycles. The fourth-order valence-corrected chi connectivity index (χ4v) is 2.95. The molecule has 0 unspecified atom stereocenters. The van der Waals surface area contributed by atoms with Crippen LogP contribution in [-0.2, 0) is 11.3 Å². The molecule has 1 saturated heterocycles. The van der Waals surface area contributed by atoms with E-state index in [9.17, 15) is 0 Å². The Hall–Kier alpha value is -1.43. The number of ether oxygens (including phenoxy) is 1. The van der Waals surface area contributed by atoms with Gasteiger partial charge in [0.25, 0.3) is 0 Å². The quantitative estimate of drug-likeness (QED) is 0.851. The van der Waals surface area contributed by atoms with Crippen molar-refractivity contribution in [1.29, 1.82) is 0 Å². The largest absolute Gasteiger partial charge is 0.374 e. The Labute approximate surface area is 126 Å². The average Bonchev–Trinajstić information content (AvgIpc) is 2.82. The Morgan fingerprint density at radius 1 is 1.43 bits per heavy atom. The monoisotopic (exact) mass is 288 g/mol. The number of hydrogen-bond donors (Lipinski definition) is 0. The van der Waals surface area contributed by atoms with Gasteiger partial charge in [-0.15, -0.1) is 0 Å². The van der Waals surface area contributed by atoms with Gasteiger partial charge in [-0.2, -0.15) is 0 Å². The van der Waals surface area contributed by atoms with Gasteiger partial charge in [0.15, 0.2) is 0 Å². The van der Waals surface area contributed by atoms with Gasteiger partial charge in [-0.05, 0) is 32.6 Å². The molecule has 5 nitrogen and oxygen atoms in total. The fourth-order valence-electron chi connectivity index (χ4n) is 2.95. The van der Waals surface area contributed by atoms with Crippen LogP contribution in [0, 0.1) is 6.92 Å². The van der Waals surface area contributed by atoms with Crippen LogP contribution in [0.2, 0.25) is 0 Å². The molecule has 114 valence electrons. The van der Waals surface area contributed by atoms with E-state index in [1.807, 2.05) is 0 Å². The molecule has 1 atom stereocenters. The normalized spacial score (nSPS) is 20.5. The molecule has 0 bridgehead atoms. The third kappa shape index (κ3) is 3.43. The Balaban J connectivity index is 1.68.